The Kier molecular flexibility index (Phi) is 5.79. The second-order valence-corrected chi connectivity index (χ2v) is 6.32. The van der Waals surface area contributed by atoms with Crippen LogP contribution in [0.4, 0.5) is 4.39 Å². The van der Waals surface area contributed by atoms with Gasteiger partial charge in [0.05, 0.1) is 0 Å². The van der Waals surface area contributed by atoms with Gasteiger partial charge in [-0.1, -0.05) is 41.4 Å². The fraction of sp³-hybridized carbons (Fsp3) is 0.250. The van der Waals surface area contributed by atoms with Gasteiger partial charge in [-0.25, -0.2) is 4.39 Å². The van der Waals surface area contributed by atoms with Crippen LogP contribution in [0.5, 0.6) is 0 Å². The van der Waals surface area contributed by atoms with Crippen LogP contribution in [-0.2, 0) is 11.8 Å². The summed E-state index contributed by atoms with van der Waals surface area (Å²) in [6.45, 7) is 0. The van der Waals surface area contributed by atoms with Crippen LogP contribution in [0.1, 0.15) is 11.1 Å². The van der Waals surface area contributed by atoms with Crippen LogP contribution in [0.25, 0.3) is 0 Å². The molecule has 0 nitrogen and oxygen atoms in total. The Balaban J connectivity index is 2.48. The van der Waals surface area contributed by atoms with Gasteiger partial charge in [0.1, 0.15) is 5.82 Å². The van der Waals surface area contributed by atoms with Crippen LogP contribution in [-0.4, -0.2) is 11.8 Å². The van der Waals surface area contributed by atoms with E-state index < -0.39 is 5.41 Å². The van der Waals surface area contributed by atoms with Gasteiger partial charge in [-0.3, -0.25) is 0 Å². The van der Waals surface area contributed by atoms with Crippen molar-refractivity contribution in [3.63, 3.8) is 0 Å². The number of rotatable bonds is 5. The predicted octanol–water partition coefficient (Wildman–Crippen LogP) is 6.09. The van der Waals surface area contributed by atoms with E-state index in [-0.39, 0.29) is 17.6 Å². The molecule has 0 saturated heterocycles. The normalized spacial score (nSPS) is 11.7. The van der Waals surface area contributed by atoms with E-state index in [0.29, 0.717) is 22.0 Å². The lowest BCUT2D eigenvalue weighted by atomic mass is 9.78. The van der Waals surface area contributed by atoms with Gasteiger partial charge in [0, 0.05) is 27.2 Å². The Bertz CT molecular complexity index is 623. The summed E-state index contributed by atoms with van der Waals surface area (Å²) in [6.07, 6.45) is 0.329. The molecule has 0 radical (unpaired) electrons. The summed E-state index contributed by atoms with van der Waals surface area (Å²) in [5, 5.41) is 1.05. The first-order valence-corrected chi connectivity index (χ1v) is 8.16. The highest BCUT2D eigenvalue weighted by molar-refractivity contribution is 6.32. The second-order valence-electron chi connectivity index (χ2n) is 4.94. The standard InChI is InChI=1S/C16H13Cl4F/c17-9-16(10-18,13-3-1-2-4-14(13)20)8-11-7-12(19)5-6-15(11)21/h1-7H,8-10H2. The van der Waals surface area contributed by atoms with Crippen LogP contribution in [0.3, 0.4) is 0 Å². The number of alkyl halides is 2. The fourth-order valence-corrected chi connectivity index (χ4v) is 3.60. The van der Waals surface area contributed by atoms with E-state index >= 15 is 0 Å². The quantitative estimate of drug-likeness (QED) is 0.562. The molecule has 0 unspecified atom stereocenters. The van der Waals surface area contributed by atoms with Crippen LogP contribution >= 0.6 is 46.4 Å². The molecule has 0 N–H and O–H groups in total. The summed E-state index contributed by atoms with van der Waals surface area (Å²) in [4.78, 5) is 0. The lowest BCUT2D eigenvalue weighted by Crippen LogP contribution is -2.34. The molecule has 0 saturated carbocycles. The number of benzene rings is 2. The SMILES string of the molecule is Fc1ccc(Cl)cc1CC(CCl)(CCl)c1ccccc1Cl. The lowest BCUT2D eigenvalue weighted by Gasteiger charge is -2.31. The Labute approximate surface area is 143 Å². The summed E-state index contributed by atoms with van der Waals surface area (Å²) < 4.78 is 14.0. The third-order valence-corrected chi connectivity index (χ3v) is 5.08. The third-order valence-electron chi connectivity index (χ3n) is 3.49. The van der Waals surface area contributed by atoms with E-state index in [0.717, 1.165) is 5.56 Å². The van der Waals surface area contributed by atoms with Gasteiger partial charge >= 0.3 is 0 Å². The zero-order chi connectivity index (χ0) is 15.5. The van der Waals surface area contributed by atoms with Gasteiger partial charge in [-0.2, -0.15) is 0 Å². The molecular weight excluding hydrogens is 353 g/mol. The number of hydrogen-bond acceptors (Lipinski definition) is 0. The molecule has 5 heteroatoms. The first-order chi connectivity index (χ1) is 10.0. The molecular formula is C16H13Cl4F. The molecule has 2 aromatic carbocycles. The monoisotopic (exact) mass is 364 g/mol. The average Bonchev–Trinajstić information content (AvgIpc) is 2.49. The van der Waals surface area contributed by atoms with E-state index in [1.54, 1.807) is 12.1 Å². The van der Waals surface area contributed by atoms with E-state index in [4.69, 9.17) is 46.4 Å². The van der Waals surface area contributed by atoms with Gasteiger partial charge in [0.15, 0.2) is 0 Å². The molecule has 0 amide bonds. The van der Waals surface area contributed by atoms with Crippen molar-refractivity contribution in [2.75, 3.05) is 11.8 Å². The Morgan fingerprint density at radius 2 is 1.62 bits per heavy atom. The first kappa shape index (κ1) is 16.9. The number of hydrogen-bond donors (Lipinski definition) is 0. The van der Waals surface area contributed by atoms with Crippen molar-refractivity contribution in [2.24, 2.45) is 0 Å². The summed E-state index contributed by atoms with van der Waals surface area (Å²) in [5.74, 6) is 0.129. The highest BCUT2D eigenvalue weighted by Gasteiger charge is 2.33. The zero-order valence-corrected chi connectivity index (χ0v) is 14.1. The predicted molar refractivity (Wildman–Crippen MR) is 89.7 cm³/mol. The first-order valence-electron chi connectivity index (χ1n) is 6.33. The topological polar surface area (TPSA) is 0 Å². The Morgan fingerprint density at radius 1 is 0.952 bits per heavy atom. The molecule has 2 rings (SSSR count). The molecule has 0 aliphatic heterocycles. The molecule has 0 bridgehead atoms. The number of halogens is 5. The van der Waals surface area contributed by atoms with Crippen LogP contribution in [0, 0.1) is 5.82 Å². The van der Waals surface area contributed by atoms with Crippen molar-refractivity contribution < 1.29 is 4.39 Å². The summed E-state index contributed by atoms with van der Waals surface area (Å²) >= 11 is 24.6. The van der Waals surface area contributed by atoms with Crippen molar-refractivity contribution >= 4 is 46.4 Å². The molecule has 0 aromatic heterocycles. The molecule has 0 heterocycles. The molecule has 112 valence electrons. The molecule has 0 spiro atoms. The Morgan fingerprint density at radius 3 is 2.24 bits per heavy atom. The maximum atomic E-state index is 14.0. The van der Waals surface area contributed by atoms with Crippen molar-refractivity contribution in [3.8, 4) is 0 Å². The van der Waals surface area contributed by atoms with E-state index in [9.17, 15) is 4.39 Å². The molecule has 0 aliphatic rings. The highest BCUT2D eigenvalue weighted by atomic mass is 35.5. The summed E-state index contributed by atoms with van der Waals surface area (Å²) in [6, 6.07) is 11.8. The minimum atomic E-state index is -0.646. The van der Waals surface area contributed by atoms with Crippen molar-refractivity contribution in [2.45, 2.75) is 11.8 Å². The second kappa shape index (κ2) is 7.19. The van der Waals surface area contributed by atoms with E-state index in [2.05, 4.69) is 0 Å². The molecule has 2 aromatic rings. The largest absolute Gasteiger partial charge is 0.207 e. The molecule has 21 heavy (non-hydrogen) atoms. The van der Waals surface area contributed by atoms with Gasteiger partial charge in [0.25, 0.3) is 0 Å². The average molecular weight is 366 g/mol. The van der Waals surface area contributed by atoms with Gasteiger partial charge in [-0.05, 0) is 41.8 Å². The smallest absolute Gasteiger partial charge is 0.126 e. The fourth-order valence-electron chi connectivity index (χ4n) is 2.30. The molecule has 0 fully saturated rings. The lowest BCUT2D eigenvalue weighted by molar-refractivity contribution is 0.512. The molecule has 0 aliphatic carbocycles. The van der Waals surface area contributed by atoms with E-state index in [1.807, 2.05) is 18.2 Å². The summed E-state index contributed by atoms with van der Waals surface area (Å²) in [7, 11) is 0. The maximum Gasteiger partial charge on any atom is 0.126 e. The zero-order valence-electron chi connectivity index (χ0n) is 11.1. The van der Waals surface area contributed by atoms with Crippen LogP contribution in [0.15, 0.2) is 42.5 Å². The molecule has 0 atom stereocenters. The van der Waals surface area contributed by atoms with Crippen molar-refractivity contribution in [3.05, 3.63) is 69.5 Å². The highest BCUT2D eigenvalue weighted by Crippen LogP contribution is 2.36. The summed E-state index contributed by atoms with van der Waals surface area (Å²) in [5.41, 5.74) is 0.646. The van der Waals surface area contributed by atoms with Crippen molar-refractivity contribution in [1.82, 2.24) is 0 Å². The Hall–Kier alpha value is -0.470. The van der Waals surface area contributed by atoms with Gasteiger partial charge in [0.2, 0.25) is 0 Å². The third kappa shape index (κ3) is 3.65. The van der Waals surface area contributed by atoms with E-state index in [1.165, 1.54) is 12.1 Å². The van der Waals surface area contributed by atoms with Crippen LogP contribution in [0.2, 0.25) is 10.0 Å². The maximum absolute atomic E-state index is 14.0. The van der Waals surface area contributed by atoms with Gasteiger partial charge < -0.3 is 0 Å². The minimum Gasteiger partial charge on any atom is -0.207 e. The van der Waals surface area contributed by atoms with Crippen LogP contribution < -0.4 is 0 Å². The van der Waals surface area contributed by atoms with Crippen molar-refractivity contribution in [1.29, 1.82) is 0 Å². The van der Waals surface area contributed by atoms with Gasteiger partial charge in [-0.15, -0.1) is 23.2 Å². The minimum absolute atomic E-state index is 0.228.